The van der Waals surface area contributed by atoms with Gasteiger partial charge in [-0.2, -0.15) is 13.2 Å². The van der Waals surface area contributed by atoms with Crippen LogP contribution in [0.15, 0.2) is 0 Å². The summed E-state index contributed by atoms with van der Waals surface area (Å²) in [6.45, 7) is 0.0168. The van der Waals surface area contributed by atoms with Crippen LogP contribution in [0.1, 0.15) is 12.2 Å². The maximum absolute atomic E-state index is 12.7. The molecule has 120 valence electrons. The Balaban J connectivity index is 2.19. The molecule has 6 nitrogen and oxygen atoms in total. The van der Waals surface area contributed by atoms with Gasteiger partial charge in [0.2, 0.25) is 5.82 Å². The summed E-state index contributed by atoms with van der Waals surface area (Å²) < 4.78 is 62.9. The van der Waals surface area contributed by atoms with Crippen molar-refractivity contribution in [3.05, 3.63) is 10.6 Å². The third-order valence-corrected chi connectivity index (χ3v) is 5.72. The molecule has 1 aliphatic heterocycles. The number of sulfone groups is 1. The number of aromatic nitrogens is 3. The number of alkyl halides is 3. The molecule has 0 saturated carbocycles. The van der Waals surface area contributed by atoms with E-state index in [9.17, 15) is 21.6 Å². The van der Waals surface area contributed by atoms with Gasteiger partial charge < -0.3 is 0 Å². The van der Waals surface area contributed by atoms with Crippen molar-refractivity contribution in [2.75, 3.05) is 18.6 Å². The summed E-state index contributed by atoms with van der Waals surface area (Å²) in [6.07, 6.45) is -4.12. The van der Waals surface area contributed by atoms with Gasteiger partial charge in [0.05, 0.1) is 18.2 Å². The first-order valence-electron chi connectivity index (χ1n) is 6.13. The van der Waals surface area contributed by atoms with Crippen LogP contribution in [-0.2, 0) is 29.7 Å². The van der Waals surface area contributed by atoms with E-state index in [-0.39, 0.29) is 29.0 Å². The van der Waals surface area contributed by atoms with Gasteiger partial charge in [0.25, 0.3) is 0 Å². The van der Waals surface area contributed by atoms with Gasteiger partial charge in [0, 0.05) is 13.1 Å². The maximum Gasteiger partial charge on any atom is 0.451 e. The Hall–Kier alpha value is -0.940. The van der Waals surface area contributed by atoms with Crippen molar-refractivity contribution in [1.82, 2.24) is 19.2 Å². The highest BCUT2D eigenvalue weighted by Gasteiger charge is 2.38. The highest BCUT2D eigenvalue weighted by atomic mass is 32.2. The average Bonchev–Trinajstić information content (AvgIpc) is 2.83. The predicted molar refractivity (Wildman–Crippen MR) is 71.9 cm³/mol. The Morgan fingerprint density at radius 1 is 1.48 bits per heavy atom. The molecule has 0 N–H and O–H groups in total. The topological polar surface area (TPSA) is 60.1 Å². The molecule has 2 rings (SSSR count). The first kappa shape index (κ1) is 16.4. The molecular formula is C10H15F3N4O2S2. The van der Waals surface area contributed by atoms with Gasteiger partial charge in [-0.15, -0.1) is 5.10 Å². The van der Waals surface area contributed by atoms with Crippen LogP contribution >= 0.6 is 12.2 Å². The molecule has 0 aliphatic carbocycles. The molecule has 0 aromatic carbocycles. The van der Waals surface area contributed by atoms with Crippen molar-refractivity contribution in [2.45, 2.75) is 25.3 Å². The lowest BCUT2D eigenvalue weighted by Gasteiger charge is -2.22. The summed E-state index contributed by atoms with van der Waals surface area (Å²) in [4.78, 5) is 1.66. The Bertz CT molecular complexity index is 692. The molecule has 0 radical (unpaired) electrons. The fourth-order valence-electron chi connectivity index (χ4n) is 2.28. The standard InChI is InChI=1S/C10H15F3N4O2S2/c1-15(7-3-4-21(18,19)5-7)6-17-9(20)16(2)8(14-17)10(11,12)13/h7H,3-6H2,1-2H3/t7-/m1/s1. The molecule has 0 bridgehead atoms. The lowest BCUT2D eigenvalue weighted by Crippen LogP contribution is -2.34. The smallest absolute Gasteiger partial charge is 0.299 e. The summed E-state index contributed by atoms with van der Waals surface area (Å²) in [7, 11) is -0.201. The highest BCUT2D eigenvalue weighted by molar-refractivity contribution is 7.91. The summed E-state index contributed by atoms with van der Waals surface area (Å²) in [6, 6.07) is -0.228. The van der Waals surface area contributed by atoms with E-state index in [4.69, 9.17) is 12.2 Å². The Labute approximate surface area is 125 Å². The minimum absolute atomic E-state index is 0.00971. The van der Waals surface area contributed by atoms with E-state index >= 15 is 0 Å². The van der Waals surface area contributed by atoms with Gasteiger partial charge in [0.15, 0.2) is 14.6 Å². The van der Waals surface area contributed by atoms with E-state index in [1.165, 1.54) is 7.05 Å². The van der Waals surface area contributed by atoms with E-state index < -0.39 is 21.8 Å². The number of hydrogen-bond acceptors (Lipinski definition) is 5. The zero-order chi connectivity index (χ0) is 16.0. The second-order valence-corrected chi connectivity index (χ2v) is 7.71. The van der Waals surface area contributed by atoms with Crippen LogP contribution in [-0.4, -0.2) is 52.3 Å². The fourth-order valence-corrected chi connectivity index (χ4v) is 4.27. The molecule has 1 aromatic rings. The fraction of sp³-hybridized carbons (Fsp3) is 0.800. The van der Waals surface area contributed by atoms with E-state index in [2.05, 4.69) is 5.10 Å². The van der Waals surface area contributed by atoms with Crippen molar-refractivity contribution in [3.8, 4) is 0 Å². The second kappa shape index (κ2) is 5.36. The maximum atomic E-state index is 12.7. The van der Waals surface area contributed by atoms with Gasteiger partial charge in [-0.05, 0) is 25.7 Å². The van der Waals surface area contributed by atoms with Crippen molar-refractivity contribution < 1.29 is 21.6 Å². The quantitative estimate of drug-likeness (QED) is 0.767. The lowest BCUT2D eigenvalue weighted by molar-refractivity contribution is -0.147. The normalized spacial score (nSPS) is 22.1. The Morgan fingerprint density at radius 2 is 2.10 bits per heavy atom. The molecule has 1 saturated heterocycles. The largest absolute Gasteiger partial charge is 0.451 e. The Kier molecular flexibility index (Phi) is 4.19. The van der Waals surface area contributed by atoms with Crippen LogP contribution in [0.5, 0.6) is 0 Å². The van der Waals surface area contributed by atoms with Gasteiger partial charge in [-0.1, -0.05) is 0 Å². The first-order chi connectivity index (χ1) is 9.51. The third-order valence-electron chi connectivity index (χ3n) is 3.48. The van der Waals surface area contributed by atoms with Crippen LogP contribution in [0.3, 0.4) is 0 Å². The summed E-state index contributed by atoms with van der Waals surface area (Å²) in [5.41, 5.74) is 0. The van der Waals surface area contributed by atoms with Crippen LogP contribution < -0.4 is 0 Å². The molecule has 1 fully saturated rings. The molecular weight excluding hydrogens is 329 g/mol. The number of rotatable bonds is 3. The SMILES string of the molecule is CN(Cn1nc(C(F)(F)F)n(C)c1=S)[C@@H]1CCS(=O)(=O)C1. The zero-order valence-electron chi connectivity index (χ0n) is 11.5. The van der Waals surface area contributed by atoms with Crippen LogP contribution in [0, 0.1) is 4.77 Å². The lowest BCUT2D eigenvalue weighted by atomic mass is 10.2. The van der Waals surface area contributed by atoms with Gasteiger partial charge >= 0.3 is 6.18 Å². The zero-order valence-corrected chi connectivity index (χ0v) is 13.1. The van der Waals surface area contributed by atoms with E-state index in [0.717, 1.165) is 9.25 Å². The van der Waals surface area contributed by atoms with Crippen molar-refractivity contribution in [3.63, 3.8) is 0 Å². The monoisotopic (exact) mass is 344 g/mol. The van der Waals surface area contributed by atoms with Crippen LogP contribution in [0.4, 0.5) is 13.2 Å². The minimum atomic E-state index is -4.58. The van der Waals surface area contributed by atoms with Crippen molar-refractivity contribution in [1.29, 1.82) is 0 Å². The van der Waals surface area contributed by atoms with Gasteiger partial charge in [-0.25, -0.2) is 13.1 Å². The average molecular weight is 344 g/mol. The van der Waals surface area contributed by atoms with Crippen molar-refractivity contribution in [2.24, 2.45) is 7.05 Å². The summed E-state index contributed by atoms with van der Waals surface area (Å²) in [5.74, 6) is -0.959. The highest BCUT2D eigenvalue weighted by Crippen LogP contribution is 2.27. The number of halogens is 3. The summed E-state index contributed by atoms with van der Waals surface area (Å²) >= 11 is 4.94. The Morgan fingerprint density at radius 3 is 2.52 bits per heavy atom. The predicted octanol–water partition coefficient (Wildman–Crippen LogP) is 1.05. The van der Waals surface area contributed by atoms with E-state index in [1.54, 1.807) is 11.9 Å². The molecule has 1 atom stereocenters. The van der Waals surface area contributed by atoms with Crippen molar-refractivity contribution >= 4 is 22.1 Å². The molecule has 1 aromatic heterocycles. The molecule has 2 heterocycles. The molecule has 0 amide bonds. The number of nitrogens with zero attached hydrogens (tertiary/aromatic N) is 4. The number of hydrogen-bond donors (Lipinski definition) is 0. The van der Waals surface area contributed by atoms with Gasteiger partial charge in [0.1, 0.15) is 0 Å². The molecule has 1 aliphatic rings. The second-order valence-electron chi connectivity index (χ2n) is 5.12. The van der Waals surface area contributed by atoms with E-state index in [1.807, 2.05) is 0 Å². The molecule has 0 unspecified atom stereocenters. The molecule has 21 heavy (non-hydrogen) atoms. The molecule has 0 spiro atoms. The third kappa shape index (κ3) is 3.46. The van der Waals surface area contributed by atoms with Gasteiger partial charge in [-0.3, -0.25) is 9.47 Å². The summed E-state index contributed by atoms with van der Waals surface area (Å²) in [5, 5.41) is 3.49. The minimum Gasteiger partial charge on any atom is -0.299 e. The van der Waals surface area contributed by atoms with Crippen LogP contribution in [0.2, 0.25) is 0 Å². The first-order valence-corrected chi connectivity index (χ1v) is 8.36. The molecule has 11 heteroatoms. The van der Waals surface area contributed by atoms with Crippen LogP contribution in [0.25, 0.3) is 0 Å². The van der Waals surface area contributed by atoms with E-state index in [0.29, 0.717) is 6.42 Å².